The maximum Gasteiger partial charge on any atom is 0.0852 e. The molecule has 0 saturated heterocycles. The average molecular weight is 174 g/mol. The van der Waals surface area contributed by atoms with E-state index in [0.717, 1.165) is 19.3 Å². The molecule has 1 fully saturated rings. The highest BCUT2D eigenvalue weighted by atomic mass is 17.2. The zero-order chi connectivity index (χ0) is 8.97. The van der Waals surface area contributed by atoms with Crippen molar-refractivity contribution in [3.8, 4) is 0 Å². The Morgan fingerprint density at radius 1 is 1.42 bits per heavy atom. The second kappa shape index (κ2) is 4.80. The van der Waals surface area contributed by atoms with E-state index in [1.807, 2.05) is 0 Å². The molecule has 1 aliphatic rings. The molecule has 0 radical (unpaired) electrons. The smallest absolute Gasteiger partial charge is 0.0852 e. The Kier molecular flexibility index (Phi) is 3.98. The molecule has 3 heteroatoms. The molecule has 0 heterocycles. The number of aliphatic hydroxyl groups is 1. The summed E-state index contributed by atoms with van der Waals surface area (Å²) in [6, 6.07) is 0. The summed E-state index contributed by atoms with van der Waals surface area (Å²) in [5.74, 6) is 1.09. The maximum absolute atomic E-state index is 9.35. The third-order valence-corrected chi connectivity index (χ3v) is 2.72. The molecule has 1 saturated carbocycles. The fourth-order valence-corrected chi connectivity index (χ4v) is 1.83. The second-order valence-electron chi connectivity index (χ2n) is 3.66. The normalized spacial score (nSPS) is 36.8. The summed E-state index contributed by atoms with van der Waals surface area (Å²) >= 11 is 0. The fourth-order valence-electron chi connectivity index (χ4n) is 1.83. The number of rotatable bonds is 3. The monoisotopic (exact) mass is 174 g/mol. The molecule has 3 unspecified atom stereocenters. The van der Waals surface area contributed by atoms with Crippen LogP contribution >= 0.6 is 0 Å². The summed E-state index contributed by atoms with van der Waals surface area (Å²) in [5.41, 5.74) is 0. The van der Waals surface area contributed by atoms with Gasteiger partial charge in [0.15, 0.2) is 0 Å². The van der Waals surface area contributed by atoms with Crippen LogP contribution in [0.4, 0.5) is 0 Å². The van der Waals surface area contributed by atoms with Crippen LogP contribution in [0.25, 0.3) is 0 Å². The van der Waals surface area contributed by atoms with Crippen LogP contribution < -0.4 is 0 Å². The van der Waals surface area contributed by atoms with Gasteiger partial charge in [0.2, 0.25) is 0 Å². The van der Waals surface area contributed by atoms with Crippen molar-refractivity contribution in [3.05, 3.63) is 0 Å². The highest BCUT2D eigenvalue weighted by Gasteiger charge is 2.26. The summed E-state index contributed by atoms with van der Waals surface area (Å²) in [6.45, 7) is 2.82. The first kappa shape index (κ1) is 9.96. The molecular weight excluding hydrogens is 156 g/mol. The van der Waals surface area contributed by atoms with E-state index in [1.54, 1.807) is 0 Å². The molecule has 3 atom stereocenters. The quantitative estimate of drug-likeness (QED) is 0.518. The van der Waals surface area contributed by atoms with E-state index in [1.165, 1.54) is 7.11 Å². The summed E-state index contributed by atoms with van der Waals surface area (Å²) in [4.78, 5) is 9.45. The van der Waals surface area contributed by atoms with Gasteiger partial charge in [0.1, 0.15) is 0 Å². The van der Waals surface area contributed by atoms with Crippen LogP contribution in [0.1, 0.15) is 26.2 Å². The van der Waals surface area contributed by atoms with Crippen LogP contribution in [0, 0.1) is 11.8 Å². The van der Waals surface area contributed by atoms with Gasteiger partial charge in [-0.05, 0) is 31.1 Å². The predicted octanol–water partition coefficient (Wildman–Crippen LogP) is 1.36. The Morgan fingerprint density at radius 2 is 2.17 bits per heavy atom. The van der Waals surface area contributed by atoms with Crippen molar-refractivity contribution in [3.63, 3.8) is 0 Å². The van der Waals surface area contributed by atoms with E-state index in [9.17, 15) is 5.11 Å². The first-order valence-corrected chi connectivity index (χ1v) is 4.57. The average Bonchev–Trinajstić information content (AvgIpc) is 2.03. The summed E-state index contributed by atoms with van der Waals surface area (Å²) in [7, 11) is 1.53. The lowest BCUT2D eigenvalue weighted by Gasteiger charge is -2.30. The molecule has 0 aliphatic heterocycles. The van der Waals surface area contributed by atoms with E-state index in [4.69, 9.17) is 4.89 Å². The van der Waals surface area contributed by atoms with Crippen molar-refractivity contribution < 1.29 is 14.9 Å². The van der Waals surface area contributed by atoms with Gasteiger partial charge in [0.05, 0.1) is 19.8 Å². The van der Waals surface area contributed by atoms with Gasteiger partial charge in [0, 0.05) is 0 Å². The molecule has 72 valence electrons. The molecule has 0 aromatic rings. The van der Waals surface area contributed by atoms with Crippen LogP contribution in [0.15, 0.2) is 0 Å². The van der Waals surface area contributed by atoms with Gasteiger partial charge in [0.25, 0.3) is 0 Å². The van der Waals surface area contributed by atoms with Crippen molar-refractivity contribution >= 4 is 0 Å². The molecule has 0 amide bonds. The van der Waals surface area contributed by atoms with Crippen molar-refractivity contribution in [1.29, 1.82) is 0 Å². The number of aliphatic hydroxyl groups excluding tert-OH is 1. The number of hydrogen-bond acceptors (Lipinski definition) is 3. The summed E-state index contributed by atoms with van der Waals surface area (Å²) < 4.78 is 0. The molecule has 1 rings (SSSR count). The van der Waals surface area contributed by atoms with Crippen LogP contribution in [0.5, 0.6) is 0 Å². The first-order valence-electron chi connectivity index (χ1n) is 4.57. The highest BCUT2D eigenvalue weighted by Crippen LogP contribution is 2.29. The molecule has 0 spiro atoms. The lowest BCUT2D eigenvalue weighted by atomic mass is 9.79. The van der Waals surface area contributed by atoms with Gasteiger partial charge in [-0.2, -0.15) is 0 Å². The van der Waals surface area contributed by atoms with Crippen molar-refractivity contribution in [2.24, 2.45) is 11.8 Å². The Labute approximate surface area is 73.6 Å². The van der Waals surface area contributed by atoms with Gasteiger partial charge >= 0.3 is 0 Å². The van der Waals surface area contributed by atoms with Gasteiger partial charge in [-0.25, -0.2) is 9.78 Å². The van der Waals surface area contributed by atoms with E-state index in [2.05, 4.69) is 11.8 Å². The van der Waals surface area contributed by atoms with Gasteiger partial charge in [-0.15, -0.1) is 0 Å². The Morgan fingerprint density at radius 3 is 2.75 bits per heavy atom. The van der Waals surface area contributed by atoms with E-state index < -0.39 is 0 Å². The predicted molar refractivity (Wildman–Crippen MR) is 45.5 cm³/mol. The minimum atomic E-state index is -0.0983. The topological polar surface area (TPSA) is 38.7 Å². The molecular formula is C9H18O3. The largest absolute Gasteiger partial charge is 0.393 e. The van der Waals surface area contributed by atoms with Crippen LogP contribution in [0.2, 0.25) is 0 Å². The van der Waals surface area contributed by atoms with Crippen LogP contribution in [-0.4, -0.2) is 24.9 Å². The third-order valence-electron chi connectivity index (χ3n) is 2.72. The standard InChI is InChI=1S/C9H18O3/c1-7-5-9(10)4-3-8(7)6-12-11-2/h7-10H,3-6H2,1-2H3. The molecule has 12 heavy (non-hydrogen) atoms. The van der Waals surface area contributed by atoms with E-state index in [-0.39, 0.29) is 6.10 Å². The molecule has 0 bridgehead atoms. The third kappa shape index (κ3) is 2.73. The lowest BCUT2D eigenvalue weighted by molar-refractivity contribution is -0.283. The minimum Gasteiger partial charge on any atom is -0.393 e. The Bertz CT molecular complexity index is 125. The number of hydrogen-bond donors (Lipinski definition) is 1. The molecule has 3 nitrogen and oxygen atoms in total. The second-order valence-corrected chi connectivity index (χ2v) is 3.66. The summed E-state index contributed by atoms with van der Waals surface area (Å²) in [6.07, 6.45) is 2.75. The SMILES string of the molecule is COOCC1CCC(O)CC1C. The van der Waals surface area contributed by atoms with Crippen molar-refractivity contribution in [2.75, 3.05) is 13.7 Å². The van der Waals surface area contributed by atoms with E-state index >= 15 is 0 Å². The molecule has 0 aromatic heterocycles. The van der Waals surface area contributed by atoms with Gasteiger partial charge in [-0.1, -0.05) is 6.92 Å². The lowest BCUT2D eigenvalue weighted by Crippen LogP contribution is -2.28. The van der Waals surface area contributed by atoms with Crippen molar-refractivity contribution in [2.45, 2.75) is 32.3 Å². The van der Waals surface area contributed by atoms with Crippen LogP contribution in [-0.2, 0) is 9.78 Å². The molecule has 1 aliphatic carbocycles. The zero-order valence-corrected chi connectivity index (χ0v) is 7.82. The minimum absolute atomic E-state index is 0.0983. The Hall–Kier alpha value is -0.120. The zero-order valence-electron chi connectivity index (χ0n) is 7.82. The van der Waals surface area contributed by atoms with Crippen LogP contribution in [0.3, 0.4) is 0 Å². The summed E-state index contributed by atoms with van der Waals surface area (Å²) in [5, 5.41) is 9.35. The van der Waals surface area contributed by atoms with Crippen molar-refractivity contribution in [1.82, 2.24) is 0 Å². The molecule has 1 N–H and O–H groups in total. The van der Waals surface area contributed by atoms with E-state index in [0.29, 0.717) is 18.4 Å². The fraction of sp³-hybridized carbons (Fsp3) is 1.00. The van der Waals surface area contributed by atoms with Gasteiger partial charge < -0.3 is 5.11 Å². The maximum atomic E-state index is 9.35. The Balaban J connectivity index is 2.25. The highest BCUT2D eigenvalue weighted by molar-refractivity contribution is 4.76. The first-order chi connectivity index (χ1) is 5.74. The van der Waals surface area contributed by atoms with Gasteiger partial charge in [-0.3, -0.25) is 0 Å². The molecule has 0 aromatic carbocycles.